The van der Waals surface area contributed by atoms with Gasteiger partial charge in [-0.1, -0.05) is 0 Å². The second-order valence-electron chi connectivity index (χ2n) is 7.50. The van der Waals surface area contributed by atoms with Crippen molar-refractivity contribution in [3.05, 3.63) is 40.9 Å². The molecule has 3 rings (SSSR count). The number of aromatic hydroxyl groups is 1. The highest BCUT2D eigenvalue weighted by Crippen LogP contribution is 2.21. The summed E-state index contributed by atoms with van der Waals surface area (Å²) in [5.74, 6) is 0.218. The number of carbonyl (C=O) groups excluding carboxylic acids is 1. The molecular weight excluding hydrogens is 374 g/mol. The van der Waals surface area contributed by atoms with Crippen LogP contribution >= 0.6 is 0 Å². The van der Waals surface area contributed by atoms with E-state index in [-0.39, 0.29) is 29.4 Å². The Bertz CT molecular complexity index is 1130. The van der Waals surface area contributed by atoms with E-state index in [4.69, 9.17) is 4.74 Å². The highest BCUT2D eigenvalue weighted by molar-refractivity contribution is 5.86. The van der Waals surface area contributed by atoms with Gasteiger partial charge in [0.15, 0.2) is 5.65 Å². The number of ether oxygens (including phenoxy) is 1. The number of hydrogen-bond donors (Lipinski definition) is 1. The lowest BCUT2D eigenvalue weighted by Crippen LogP contribution is -2.40. The Balaban J connectivity index is 2.02. The molecule has 9 heteroatoms. The summed E-state index contributed by atoms with van der Waals surface area (Å²) < 4.78 is 6.69. The average molecular weight is 397 g/mol. The van der Waals surface area contributed by atoms with Crippen molar-refractivity contribution in [1.82, 2.24) is 19.5 Å². The summed E-state index contributed by atoms with van der Waals surface area (Å²) in [7, 11) is 1.54. The van der Waals surface area contributed by atoms with Crippen LogP contribution in [0, 0.1) is 0 Å². The van der Waals surface area contributed by atoms with Crippen molar-refractivity contribution in [2.24, 2.45) is 7.05 Å². The van der Waals surface area contributed by atoms with Crippen LogP contribution in [0.5, 0.6) is 5.75 Å². The number of carbonyl (C=O) groups is 1. The molecule has 1 N–H and O–H groups in total. The number of nitrogens with zero attached hydrogens (tertiary/aromatic N) is 5. The monoisotopic (exact) mass is 397 g/mol. The molecule has 0 aliphatic heterocycles. The van der Waals surface area contributed by atoms with Crippen LogP contribution in [0.2, 0.25) is 0 Å². The molecule has 0 atom stereocenters. The fourth-order valence-electron chi connectivity index (χ4n) is 2.78. The van der Waals surface area contributed by atoms with Crippen LogP contribution in [0.4, 0.5) is 10.7 Å². The first-order valence-corrected chi connectivity index (χ1v) is 9.13. The third-order valence-corrected chi connectivity index (χ3v) is 4.12. The highest BCUT2D eigenvalue weighted by Gasteiger charge is 2.25. The molecule has 0 radical (unpaired) electrons. The molecule has 3 aromatic rings. The minimum Gasteiger partial charge on any atom is -0.506 e. The van der Waals surface area contributed by atoms with Gasteiger partial charge in [0.2, 0.25) is 5.95 Å². The number of aromatic nitrogens is 4. The van der Waals surface area contributed by atoms with E-state index in [2.05, 4.69) is 15.0 Å². The minimum absolute atomic E-state index is 0.0378. The summed E-state index contributed by atoms with van der Waals surface area (Å²) in [5.41, 5.74) is 0.0432. The fourth-order valence-corrected chi connectivity index (χ4v) is 2.78. The van der Waals surface area contributed by atoms with Crippen LogP contribution in [-0.4, -0.2) is 42.9 Å². The second-order valence-corrected chi connectivity index (χ2v) is 7.50. The van der Waals surface area contributed by atoms with E-state index in [1.165, 1.54) is 21.9 Å². The van der Waals surface area contributed by atoms with Crippen LogP contribution in [0.3, 0.4) is 0 Å². The number of rotatable bonds is 3. The highest BCUT2D eigenvalue weighted by atomic mass is 16.6. The first kappa shape index (κ1) is 20.2. The number of amides is 1. The number of anilines is 1. The van der Waals surface area contributed by atoms with Gasteiger partial charge in [-0.15, -0.1) is 0 Å². The molecule has 0 aromatic carbocycles. The van der Waals surface area contributed by atoms with Crippen LogP contribution in [0.15, 0.2) is 35.4 Å². The molecule has 29 heavy (non-hydrogen) atoms. The van der Waals surface area contributed by atoms with Gasteiger partial charge >= 0.3 is 6.09 Å². The predicted octanol–water partition coefficient (Wildman–Crippen LogP) is 2.86. The van der Waals surface area contributed by atoms with Crippen molar-refractivity contribution in [3.63, 3.8) is 0 Å². The number of fused-ring (bicyclic) bond motifs is 1. The Kier molecular flexibility index (Phi) is 5.23. The van der Waals surface area contributed by atoms with Gasteiger partial charge in [-0.3, -0.25) is 9.36 Å². The molecule has 0 bridgehead atoms. The molecule has 0 saturated heterocycles. The van der Waals surface area contributed by atoms with Crippen LogP contribution in [-0.2, 0) is 11.8 Å². The number of hydrogen-bond acceptors (Lipinski definition) is 7. The van der Waals surface area contributed by atoms with Crippen molar-refractivity contribution >= 4 is 23.1 Å². The van der Waals surface area contributed by atoms with E-state index in [0.29, 0.717) is 16.7 Å². The standard InChI is InChI=1S/C20H23N5O4/c1-6-25(19(28)29-20(2,3)4)18-22-11-14(17(27)24(18)5)15-8-7-12-9-13(26)10-21-16(12)23-15/h7-11,26H,6H2,1-5H3. The average Bonchev–Trinajstić information content (AvgIpc) is 2.64. The van der Waals surface area contributed by atoms with E-state index in [9.17, 15) is 14.7 Å². The maximum absolute atomic E-state index is 13.0. The van der Waals surface area contributed by atoms with Gasteiger partial charge in [0.05, 0.1) is 17.5 Å². The summed E-state index contributed by atoms with van der Waals surface area (Å²) in [6, 6.07) is 4.92. The van der Waals surface area contributed by atoms with Gasteiger partial charge in [0, 0.05) is 25.2 Å². The van der Waals surface area contributed by atoms with Gasteiger partial charge < -0.3 is 9.84 Å². The maximum atomic E-state index is 13.0. The Hall–Kier alpha value is -3.49. The van der Waals surface area contributed by atoms with E-state index < -0.39 is 11.7 Å². The molecular formula is C20H23N5O4. The van der Waals surface area contributed by atoms with Crippen molar-refractivity contribution < 1.29 is 14.6 Å². The Morgan fingerprint density at radius 1 is 1.24 bits per heavy atom. The molecule has 0 unspecified atom stereocenters. The SMILES string of the molecule is CCN(C(=O)OC(C)(C)C)c1ncc(-c2ccc3cc(O)cnc3n2)c(=O)n1C. The van der Waals surface area contributed by atoms with Crippen LogP contribution in [0.25, 0.3) is 22.3 Å². The van der Waals surface area contributed by atoms with E-state index in [1.807, 2.05) is 0 Å². The van der Waals surface area contributed by atoms with Gasteiger partial charge in [0.25, 0.3) is 5.56 Å². The second kappa shape index (κ2) is 7.50. The van der Waals surface area contributed by atoms with Gasteiger partial charge in [0.1, 0.15) is 11.4 Å². The van der Waals surface area contributed by atoms with Crippen molar-refractivity contribution in [1.29, 1.82) is 0 Å². The third kappa shape index (κ3) is 4.18. The van der Waals surface area contributed by atoms with Crippen molar-refractivity contribution in [2.75, 3.05) is 11.4 Å². The minimum atomic E-state index is -0.667. The summed E-state index contributed by atoms with van der Waals surface area (Å²) in [6.07, 6.45) is 2.10. The largest absolute Gasteiger partial charge is 0.506 e. The van der Waals surface area contributed by atoms with Crippen molar-refractivity contribution in [3.8, 4) is 17.0 Å². The molecule has 0 spiro atoms. The van der Waals surface area contributed by atoms with Gasteiger partial charge in [-0.2, -0.15) is 0 Å². The first-order valence-electron chi connectivity index (χ1n) is 9.13. The Morgan fingerprint density at radius 3 is 2.62 bits per heavy atom. The summed E-state index contributed by atoms with van der Waals surface area (Å²) in [5, 5.41) is 10.2. The quantitative estimate of drug-likeness (QED) is 0.723. The zero-order valence-corrected chi connectivity index (χ0v) is 17.0. The predicted molar refractivity (Wildman–Crippen MR) is 109 cm³/mol. The third-order valence-electron chi connectivity index (χ3n) is 4.12. The molecule has 0 aliphatic rings. The summed E-state index contributed by atoms with van der Waals surface area (Å²) in [6.45, 7) is 7.38. The lowest BCUT2D eigenvalue weighted by Gasteiger charge is -2.26. The van der Waals surface area contributed by atoms with Gasteiger partial charge in [-0.25, -0.2) is 24.6 Å². The van der Waals surface area contributed by atoms with E-state index in [1.54, 1.807) is 52.9 Å². The molecule has 0 saturated carbocycles. The molecule has 0 aliphatic carbocycles. The Labute approximate surface area is 167 Å². The molecule has 9 nitrogen and oxygen atoms in total. The normalized spacial score (nSPS) is 11.5. The van der Waals surface area contributed by atoms with Gasteiger partial charge in [-0.05, 0) is 45.9 Å². The number of pyridine rings is 2. The summed E-state index contributed by atoms with van der Waals surface area (Å²) in [4.78, 5) is 39.5. The van der Waals surface area contributed by atoms with Crippen LogP contribution < -0.4 is 10.5 Å². The molecule has 3 aromatic heterocycles. The first-order chi connectivity index (χ1) is 13.6. The molecule has 3 heterocycles. The smallest absolute Gasteiger partial charge is 0.417 e. The molecule has 1 amide bonds. The lowest BCUT2D eigenvalue weighted by molar-refractivity contribution is 0.0578. The fraction of sp³-hybridized carbons (Fsp3) is 0.350. The zero-order chi connectivity index (χ0) is 21.3. The zero-order valence-electron chi connectivity index (χ0n) is 17.0. The summed E-state index contributed by atoms with van der Waals surface area (Å²) >= 11 is 0. The van der Waals surface area contributed by atoms with E-state index in [0.717, 1.165) is 0 Å². The topological polar surface area (TPSA) is 110 Å². The molecule has 152 valence electrons. The lowest BCUT2D eigenvalue weighted by atomic mass is 10.2. The molecule has 0 fully saturated rings. The van der Waals surface area contributed by atoms with E-state index >= 15 is 0 Å². The Morgan fingerprint density at radius 2 is 1.97 bits per heavy atom. The maximum Gasteiger partial charge on any atom is 0.417 e. The van der Waals surface area contributed by atoms with Crippen molar-refractivity contribution in [2.45, 2.75) is 33.3 Å². The van der Waals surface area contributed by atoms with Crippen LogP contribution in [0.1, 0.15) is 27.7 Å².